The number of carbonyl (C=O) groups excluding carboxylic acids is 1. The second-order valence-electron chi connectivity index (χ2n) is 5.89. The number of primary amides is 1. The van der Waals surface area contributed by atoms with Crippen LogP contribution in [0.3, 0.4) is 0 Å². The molecular formula is C16H22N2O3. The molecule has 2 aliphatic rings. The normalized spacial score (nSPS) is 26.3. The second-order valence-corrected chi connectivity index (χ2v) is 5.89. The van der Waals surface area contributed by atoms with E-state index < -0.39 is 6.10 Å². The highest BCUT2D eigenvalue weighted by Gasteiger charge is 2.29. The topological polar surface area (TPSA) is 64.8 Å². The van der Waals surface area contributed by atoms with Gasteiger partial charge in [0.25, 0.3) is 0 Å². The zero-order valence-electron chi connectivity index (χ0n) is 12.4. The minimum atomic E-state index is -0.503. The Kier molecular flexibility index (Phi) is 4.24. The van der Waals surface area contributed by atoms with Gasteiger partial charge in [-0.25, -0.2) is 0 Å². The van der Waals surface area contributed by atoms with Gasteiger partial charge in [-0.2, -0.15) is 0 Å². The van der Waals surface area contributed by atoms with Crippen molar-refractivity contribution in [3.05, 3.63) is 34.9 Å². The molecule has 2 aliphatic heterocycles. The van der Waals surface area contributed by atoms with Gasteiger partial charge in [-0.1, -0.05) is 18.2 Å². The van der Waals surface area contributed by atoms with Crippen LogP contribution in [0.4, 0.5) is 0 Å². The summed E-state index contributed by atoms with van der Waals surface area (Å²) >= 11 is 0. The summed E-state index contributed by atoms with van der Waals surface area (Å²) < 4.78 is 11.1. The molecule has 3 rings (SSSR count). The van der Waals surface area contributed by atoms with E-state index in [1.54, 1.807) is 0 Å². The molecule has 2 atom stereocenters. The molecule has 0 spiro atoms. The number of nitrogens with zero attached hydrogens (tertiary/aromatic N) is 1. The van der Waals surface area contributed by atoms with Crippen molar-refractivity contribution in [2.24, 2.45) is 5.73 Å². The van der Waals surface area contributed by atoms with Gasteiger partial charge in [0.05, 0.1) is 19.3 Å². The molecule has 2 heterocycles. The third kappa shape index (κ3) is 3.26. The van der Waals surface area contributed by atoms with E-state index in [0.29, 0.717) is 13.2 Å². The maximum Gasteiger partial charge on any atom is 0.247 e. The van der Waals surface area contributed by atoms with Crippen LogP contribution in [0.5, 0.6) is 0 Å². The van der Waals surface area contributed by atoms with Crippen molar-refractivity contribution < 1.29 is 14.3 Å². The molecule has 1 fully saturated rings. The van der Waals surface area contributed by atoms with Crippen molar-refractivity contribution in [3.63, 3.8) is 0 Å². The molecule has 1 aromatic carbocycles. The Morgan fingerprint density at radius 2 is 2.29 bits per heavy atom. The average Bonchev–Trinajstić information content (AvgIpc) is 2.47. The molecule has 21 heavy (non-hydrogen) atoms. The number of carbonyl (C=O) groups is 1. The Hall–Kier alpha value is -1.43. The summed E-state index contributed by atoms with van der Waals surface area (Å²) in [4.78, 5) is 13.6. The summed E-state index contributed by atoms with van der Waals surface area (Å²) in [6.07, 6.45) is 0.487. The zero-order valence-corrected chi connectivity index (χ0v) is 12.4. The molecule has 0 radical (unpaired) electrons. The number of amides is 1. The Morgan fingerprint density at radius 1 is 1.43 bits per heavy atom. The van der Waals surface area contributed by atoms with Crippen molar-refractivity contribution in [2.75, 3.05) is 19.7 Å². The smallest absolute Gasteiger partial charge is 0.247 e. The van der Waals surface area contributed by atoms with Crippen molar-refractivity contribution in [2.45, 2.75) is 38.7 Å². The summed E-state index contributed by atoms with van der Waals surface area (Å²) in [6, 6.07) is 6.38. The SMILES string of the molecule is CC1CN(Cc2cccc3c2CCOC3)CC(C(N)=O)O1. The Bertz CT molecular complexity index is 532. The Morgan fingerprint density at radius 3 is 3.10 bits per heavy atom. The van der Waals surface area contributed by atoms with E-state index in [4.69, 9.17) is 15.2 Å². The van der Waals surface area contributed by atoms with E-state index in [1.165, 1.54) is 16.7 Å². The van der Waals surface area contributed by atoms with Crippen molar-refractivity contribution in [1.82, 2.24) is 4.90 Å². The van der Waals surface area contributed by atoms with Crippen LogP contribution in [-0.2, 0) is 33.8 Å². The van der Waals surface area contributed by atoms with Crippen LogP contribution in [-0.4, -0.2) is 42.7 Å². The number of hydrogen-bond donors (Lipinski definition) is 1. The molecule has 5 heteroatoms. The standard InChI is InChI=1S/C16H22N2O3/c1-11-7-18(9-15(21-11)16(17)19)8-12-3-2-4-13-10-20-6-5-14(12)13/h2-4,11,15H,5-10H2,1H3,(H2,17,19). The lowest BCUT2D eigenvalue weighted by atomic mass is 9.96. The van der Waals surface area contributed by atoms with E-state index >= 15 is 0 Å². The summed E-state index contributed by atoms with van der Waals surface area (Å²) in [6.45, 7) is 5.70. The number of nitrogens with two attached hydrogens (primary N) is 1. The molecule has 1 amide bonds. The summed E-state index contributed by atoms with van der Waals surface area (Å²) in [5, 5.41) is 0. The van der Waals surface area contributed by atoms with Crippen LogP contribution in [0.2, 0.25) is 0 Å². The quantitative estimate of drug-likeness (QED) is 0.895. The van der Waals surface area contributed by atoms with Crippen LogP contribution in [0.25, 0.3) is 0 Å². The first-order chi connectivity index (χ1) is 10.1. The third-order valence-electron chi connectivity index (χ3n) is 4.17. The first-order valence-electron chi connectivity index (χ1n) is 7.48. The van der Waals surface area contributed by atoms with Crippen LogP contribution >= 0.6 is 0 Å². The highest BCUT2D eigenvalue weighted by atomic mass is 16.5. The maximum absolute atomic E-state index is 11.4. The van der Waals surface area contributed by atoms with Crippen LogP contribution < -0.4 is 5.73 Å². The monoisotopic (exact) mass is 290 g/mol. The summed E-state index contributed by atoms with van der Waals surface area (Å²) in [5.41, 5.74) is 9.40. The van der Waals surface area contributed by atoms with Gasteiger partial charge in [0, 0.05) is 19.6 Å². The molecule has 0 aromatic heterocycles. The predicted octanol–water partition coefficient (Wildman–Crippen LogP) is 0.834. The Labute approximate surface area is 125 Å². The molecule has 1 aromatic rings. The molecule has 5 nitrogen and oxygen atoms in total. The summed E-state index contributed by atoms with van der Waals surface area (Å²) in [5.74, 6) is -0.380. The minimum Gasteiger partial charge on any atom is -0.376 e. The van der Waals surface area contributed by atoms with Gasteiger partial charge >= 0.3 is 0 Å². The van der Waals surface area contributed by atoms with Gasteiger partial charge in [0.2, 0.25) is 5.91 Å². The molecule has 0 saturated carbocycles. The molecule has 2 N–H and O–H groups in total. The largest absolute Gasteiger partial charge is 0.376 e. The van der Waals surface area contributed by atoms with Gasteiger partial charge in [-0.3, -0.25) is 9.69 Å². The average molecular weight is 290 g/mol. The lowest BCUT2D eigenvalue weighted by Gasteiger charge is -2.36. The number of fused-ring (bicyclic) bond motifs is 1. The van der Waals surface area contributed by atoms with Crippen molar-refractivity contribution >= 4 is 5.91 Å². The molecule has 1 saturated heterocycles. The molecule has 0 aliphatic carbocycles. The van der Waals surface area contributed by atoms with Gasteiger partial charge in [-0.05, 0) is 30.0 Å². The van der Waals surface area contributed by atoms with Gasteiger partial charge in [-0.15, -0.1) is 0 Å². The third-order valence-corrected chi connectivity index (χ3v) is 4.17. The van der Waals surface area contributed by atoms with Crippen molar-refractivity contribution in [1.29, 1.82) is 0 Å². The number of rotatable bonds is 3. The summed E-state index contributed by atoms with van der Waals surface area (Å²) in [7, 11) is 0. The molecule has 2 unspecified atom stereocenters. The van der Waals surface area contributed by atoms with E-state index in [0.717, 1.165) is 26.1 Å². The number of benzene rings is 1. The van der Waals surface area contributed by atoms with E-state index in [-0.39, 0.29) is 12.0 Å². The number of morpholine rings is 1. The Balaban J connectivity index is 1.75. The van der Waals surface area contributed by atoms with E-state index in [1.807, 2.05) is 6.92 Å². The molecule has 0 bridgehead atoms. The van der Waals surface area contributed by atoms with Gasteiger partial charge in [0.1, 0.15) is 6.10 Å². The molecule has 114 valence electrons. The number of hydrogen-bond acceptors (Lipinski definition) is 4. The first-order valence-corrected chi connectivity index (χ1v) is 7.48. The maximum atomic E-state index is 11.4. The fraction of sp³-hybridized carbons (Fsp3) is 0.562. The molecular weight excluding hydrogens is 268 g/mol. The highest BCUT2D eigenvalue weighted by Crippen LogP contribution is 2.23. The van der Waals surface area contributed by atoms with Crippen LogP contribution in [0.15, 0.2) is 18.2 Å². The second kappa shape index (κ2) is 6.13. The van der Waals surface area contributed by atoms with Crippen LogP contribution in [0.1, 0.15) is 23.6 Å². The van der Waals surface area contributed by atoms with Gasteiger partial charge < -0.3 is 15.2 Å². The fourth-order valence-corrected chi connectivity index (χ4v) is 3.21. The lowest BCUT2D eigenvalue weighted by molar-refractivity contribution is -0.142. The highest BCUT2D eigenvalue weighted by molar-refractivity contribution is 5.79. The van der Waals surface area contributed by atoms with E-state index in [2.05, 4.69) is 23.1 Å². The van der Waals surface area contributed by atoms with Crippen LogP contribution in [0, 0.1) is 0 Å². The minimum absolute atomic E-state index is 0.0270. The zero-order chi connectivity index (χ0) is 14.8. The van der Waals surface area contributed by atoms with Crippen molar-refractivity contribution in [3.8, 4) is 0 Å². The lowest BCUT2D eigenvalue weighted by Crippen LogP contribution is -2.51. The first kappa shape index (κ1) is 14.5. The van der Waals surface area contributed by atoms with E-state index in [9.17, 15) is 4.79 Å². The van der Waals surface area contributed by atoms with Gasteiger partial charge in [0.15, 0.2) is 0 Å². The fourth-order valence-electron chi connectivity index (χ4n) is 3.21. The predicted molar refractivity (Wildman–Crippen MR) is 78.6 cm³/mol. The number of ether oxygens (including phenoxy) is 2.